The van der Waals surface area contributed by atoms with E-state index in [1.807, 2.05) is 5.43 Å². The van der Waals surface area contributed by atoms with Crippen LogP contribution < -0.4 is 16.6 Å². The Bertz CT molecular complexity index is 394. The highest BCUT2D eigenvalue weighted by atomic mass is 32.1. The fourth-order valence-corrected chi connectivity index (χ4v) is 1.63. The molecule has 16 heavy (non-hydrogen) atoms. The third-order valence-corrected chi connectivity index (χ3v) is 2.69. The van der Waals surface area contributed by atoms with E-state index in [9.17, 15) is 18.4 Å². The van der Waals surface area contributed by atoms with Crippen LogP contribution in [0.2, 0.25) is 0 Å². The molecule has 0 saturated carbocycles. The van der Waals surface area contributed by atoms with Gasteiger partial charge < -0.3 is 5.73 Å². The third-order valence-electron chi connectivity index (χ3n) is 1.58. The van der Waals surface area contributed by atoms with Crippen molar-refractivity contribution in [3.05, 3.63) is 21.9 Å². The Hall–Kier alpha value is -1.54. The molecular weight excluding hydrogens is 240 g/mol. The Labute approximate surface area is 93.6 Å². The van der Waals surface area contributed by atoms with Crippen molar-refractivity contribution in [3.8, 4) is 0 Å². The van der Waals surface area contributed by atoms with Gasteiger partial charge in [0.2, 0.25) is 0 Å². The van der Waals surface area contributed by atoms with Gasteiger partial charge in [-0.2, -0.15) is 8.78 Å². The molecule has 0 atom stereocenters. The number of amides is 2. The lowest BCUT2D eigenvalue weighted by molar-refractivity contribution is -0.132. The maximum atomic E-state index is 11.8. The zero-order chi connectivity index (χ0) is 12.1. The second kappa shape index (κ2) is 5.52. The van der Waals surface area contributed by atoms with Gasteiger partial charge in [-0.1, -0.05) is 0 Å². The molecule has 0 fully saturated rings. The Balaban J connectivity index is 2.49. The van der Waals surface area contributed by atoms with Crippen LogP contribution in [-0.4, -0.2) is 18.2 Å². The molecule has 2 amide bonds. The third kappa shape index (κ3) is 3.24. The van der Waals surface area contributed by atoms with E-state index in [1.165, 1.54) is 6.07 Å². The predicted molar refractivity (Wildman–Crippen MR) is 53.8 cm³/mol. The number of nitrogens with one attached hydrogen (secondary N) is 2. The van der Waals surface area contributed by atoms with Crippen molar-refractivity contribution in [2.45, 2.75) is 13.0 Å². The molecule has 0 spiro atoms. The highest BCUT2D eigenvalue weighted by molar-refractivity contribution is 7.14. The SMILES string of the molecule is NCc1ccc(C(=O)NNC(=O)C(F)F)s1. The average molecular weight is 249 g/mol. The van der Waals surface area contributed by atoms with Crippen molar-refractivity contribution < 1.29 is 18.4 Å². The fourth-order valence-electron chi connectivity index (χ4n) is 0.844. The summed E-state index contributed by atoms with van der Waals surface area (Å²) in [6.07, 6.45) is -3.16. The summed E-state index contributed by atoms with van der Waals surface area (Å²) in [7, 11) is 0. The zero-order valence-corrected chi connectivity index (χ0v) is 8.81. The molecule has 0 saturated heterocycles. The van der Waals surface area contributed by atoms with Gasteiger partial charge >= 0.3 is 12.3 Å². The molecule has 0 bridgehead atoms. The summed E-state index contributed by atoms with van der Waals surface area (Å²) >= 11 is 1.13. The summed E-state index contributed by atoms with van der Waals surface area (Å²) in [5.74, 6) is -2.21. The van der Waals surface area contributed by atoms with Crippen molar-refractivity contribution >= 4 is 23.2 Å². The maximum absolute atomic E-state index is 11.8. The van der Waals surface area contributed by atoms with Crippen LogP contribution in [0.5, 0.6) is 0 Å². The topological polar surface area (TPSA) is 84.2 Å². The van der Waals surface area contributed by atoms with Gasteiger partial charge in [0.15, 0.2) is 0 Å². The van der Waals surface area contributed by atoms with E-state index >= 15 is 0 Å². The van der Waals surface area contributed by atoms with E-state index in [0.717, 1.165) is 16.2 Å². The summed E-state index contributed by atoms with van der Waals surface area (Å²) in [6, 6.07) is 3.14. The van der Waals surface area contributed by atoms with E-state index in [0.29, 0.717) is 6.54 Å². The highest BCUT2D eigenvalue weighted by Crippen LogP contribution is 2.15. The largest absolute Gasteiger partial charge is 0.326 e. The van der Waals surface area contributed by atoms with Crippen LogP contribution in [0.25, 0.3) is 0 Å². The summed E-state index contributed by atoms with van der Waals surface area (Å²) in [6.45, 7) is 0.293. The van der Waals surface area contributed by atoms with Gasteiger partial charge in [-0.15, -0.1) is 11.3 Å². The molecule has 0 aliphatic heterocycles. The van der Waals surface area contributed by atoms with Crippen LogP contribution in [-0.2, 0) is 11.3 Å². The average Bonchev–Trinajstić information content (AvgIpc) is 2.73. The lowest BCUT2D eigenvalue weighted by Gasteiger charge is -2.04. The molecule has 5 nitrogen and oxygen atoms in total. The molecule has 0 aromatic carbocycles. The van der Waals surface area contributed by atoms with Crippen LogP contribution in [0.4, 0.5) is 8.78 Å². The van der Waals surface area contributed by atoms with Crippen LogP contribution in [0, 0.1) is 0 Å². The fraction of sp³-hybridized carbons (Fsp3) is 0.250. The first kappa shape index (κ1) is 12.5. The number of rotatable bonds is 3. The van der Waals surface area contributed by atoms with Gasteiger partial charge in [-0.25, -0.2) is 0 Å². The molecule has 0 radical (unpaired) electrons. The van der Waals surface area contributed by atoms with Crippen molar-refractivity contribution in [3.63, 3.8) is 0 Å². The summed E-state index contributed by atoms with van der Waals surface area (Å²) in [5, 5.41) is 0. The van der Waals surface area contributed by atoms with E-state index in [-0.39, 0.29) is 4.88 Å². The number of hydrazine groups is 1. The Kier molecular flexibility index (Phi) is 4.32. The van der Waals surface area contributed by atoms with Gasteiger partial charge in [0.25, 0.3) is 5.91 Å². The minimum Gasteiger partial charge on any atom is -0.326 e. The lowest BCUT2D eigenvalue weighted by atomic mass is 10.4. The summed E-state index contributed by atoms with van der Waals surface area (Å²) in [4.78, 5) is 22.8. The number of carbonyl (C=O) groups excluding carboxylic acids is 2. The summed E-state index contributed by atoms with van der Waals surface area (Å²) in [5.41, 5.74) is 8.80. The number of thiophene rings is 1. The molecule has 88 valence electrons. The molecular formula is C8H9F2N3O2S. The Morgan fingerprint density at radius 1 is 1.38 bits per heavy atom. The van der Waals surface area contributed by atoms with E-state index in [2.05, 4.69) is 0 Å². The van der Waals surface area contributed by atoms with Crippen LogP contribution in [0.3, 0.4) is 0 Å². The first-order valence-electron chi connectivity index (χ1n) is 4.21. The summed E-state index contributed by atoms with van der Waals surface area (Å²) < 4.78 is 23.5. The van der Waals surface area contributed by atoms with E-state index in [1.54, 1.807) is 11.5 Å². The number of hydrogen-bond donors (Lipinski definition) is 3. The van der Waals surface area contributed by atoms with Crippen molar-refractivity contribution in [2.75, 3.05) is 0 Å². The maximum Gasteiger partial charge on any atom is 0.317 e. The van der Waals surface area contributed by atoms with Crippen molar-refractivity contribution in [1.29, 1.82) is 0 Å². The Morgan fingerprint density at radius 3 is 2.56 bits per heavy atom. The molecule has 0 aliphatic carbocycles. The lowest BCUT2D eigenvalue weighted by Crippen LogP contribution is -2.44. The molecule has 8 heteroatoms. The highest BCUT2D eigenvalue weighted by Gasteiger charge is 2.16. The number of nitrogens with two attached hydrogens (primary N) is 1. The number of carbonyl (C=O) groups is 2. The van der Waals surface area contributed by atoms with Crippen LogP contribution in [0.1, 0.15) is 14.5 Å². The minimum atomic E-state index is -3.16. The smallest absolute Gasteiger partial charge is 0.317 e. The van der Waals surface area contributed by atoms with E-state index < -0.39 is 18.2 Å². The van der Waals surface area contributed by atoms with Gasteiger partial charge in [0.1, 0.15) is 0 Å². The van der Waals surface area contributed by atoms with Gasteiger partial charge in [0, 0.05) is 11.4 Å². The number of alkyl halides is 2. The second-order valence-corrected chi connectivity index (χ2v) is 3.88. The predicted octanol–water partition coefficient (Wildman–Crippen LogP) is 0.233. The molecule has 1 heterocycles. The monoisotopic (exact) mass is 249 g/mol. The van der Waals surface area contributed by atoms with Crippen molar-refractivity contribution in [1.82, 2.24) is 10.9 Å². The van der Waals surface area contributed by atoms with Gasteiger partial charge in [-0.3, -0.25) is 20.4 Å². The molecule has 1 rings (SSSR count). The second-order valence-electron chi connectivity index (χ2n) is 2.71. The molecule has 0 aliphatic rings. The number of halogens is 2. The molecule has 1 aromatic rings. The molecule has 0 unspecified atom stereocenters. The van der Waals surface area contributed by atoms with Gasteiger partial charge in [-0.05, 0) is 12.1 Å². The van der Waals surface area contributed by atoms with Crippen LogP contribution in [0.15, 0.2) is 12.1 Å². The molecule has 1 aromatic heterocycles. The zero-order valence-electron chi connectivity index (χ0n) is 8.00. The minimum absolute atomic E-state index is 0.287. The Morgan fingerprint density at radius 2 is 2.06 bits per heavy atom. The first-order valence-corrected chi connectivity index (χ1v) is 5.03. The van der Waals surface area contributed by atoms with Crippen LogP contribution >= 0.6 is 11.3 Å². The van der Waals surface area contributed by atoms with Crippen molar-refractivity contribution in [2.24, 2.45) is 5.73 Å². The first-order chi connectivity index (χ1) is 7.54. The molecule has 4 N–H and O–H groups in total. The number of hydrogen-bond acceptors (Lipinski definition) is 4. The van der Waals surface area contributed by atoms with Gasteiger partial charge in [0.05, 0.1) is 4.88 Å². The van der Waals surface area contributed by atoms with E-state index in [4.69, 9.17) is 5.73 Å². The quantitative estimate of drug-likeness (QED) is 0.670. The normalized spacial score (nSPS) is 10.2. The standard InChI is InChI=1S/C8H9F2N3O2S/c9-6(10)8(15)13-12-7(14)5-2-1-4(3-11)16-5/h1-2,6H,3,11H2,(H,12,14)(H,13,15).